The maximum atomic E-state index is 12.6. The van der Waals surface area contributed by atoms with Gasteiger partial charge in [-0.1, -0.05) is 12.1 Å². The first kappa shape index (κ1) is 23.9. The number of nitrogens with zero attached hydrogens (tertiary/aromatic N) is 2. The Morgan fingerprint density at radius 1 is 1.23 bits per heavy atom. The van der Waals surface area contributed by atoms with Crippen LogP contribution in [0.15, 0.2) is 34.6 Å². The van der Waals surface area contributed by atoms with Gasteiger partial charge in [0.1, 0.15) is 5.75 Å². The lowest BCUT2D eigenvalue weighted by Crippen LogP contribution is -2.38. The number of alkyl halides is 3. The van der Waals surface area contributed by atoms with E-state index in [1.807, 2.05) is 20.8 Å². The summed E-state index contributed by atoms with van der Waals surface area (Å²) in [4.78, 5) is 7.96. The highest BCUT2D eigenvalue weighted by Gasteiger charge is 2.33. The van der Waals surface area contributed by atoms with Gasteiger partial charge in [-0.3, -0.25) is 4.99 Å². The molecular weight excluding hydrogens is 417 g/mol. The van der Waals surface area contributed by atoms with Crippen LogP contribution in [-0.2, 0) is 12.6 Å². The maximum Gasteiger partial charge on any atom is 0.434 e. The van der Waals surface area contributed by atoms with E-state index in [1.54, 1.807) is 24.3 Å². The highest BCUT2D eigenvalue weighted by Crippen LogP contribution is 2.30. The molecule has 0 bridgehead atoms. The number of aliphatic hydroxyl groups excluding tert-OH is 1. The van der Waals surface area contributed by atoms with Crippen LogP contribution in [0, 0.1) is 0 Å². The van der Waals surface area contributed by atoms with E-state index >= 15 is 0 Å². The van der Waals surface area contributed by atoms with Crippen LogP contribution in [0.3, 0.4) is 0 Å². The van der Waals surface area contributed by atoms with E-state index in [2.05, 4.69) is 20.6 Å². The summed E-state index contributed by atoms with van der Waals surface area (Å²) in [5.41, 5.74) is -0.149. The van der Waals surface area contributed by atoms with Crippen molar-refractivity contribution in [3.63, 3.8) is 0 Å². The predicted molar refractivity (Wildman–Crippen MR) is 112 cm³/mol. The summed E-state index contributed by atoms with van der Waals surface area (Å²) in [5, 5.41) is 17.9. The van der Waals surface area contributed by atoms with Crippen LogP contribution in [0.5, 0.6) is 5.75 Å². The first-order valence-corrected chi connectivity index (χ1v) is 10.6. The van der Waals surface area contributed by atoms with E-state index in [-0.39, 0.29) is 12.6 Å². The number of benzene rings is 1. The summed E-state index contributed by atoms with van der Waals surface area (Å²) >= 11 is 0.980. The molecule has 1 heterocycles. The first-order chi connectivity index (χ1) is 14.2. The van der Waals surface area contributed by atoms with Gasteiger partial charge < -0.3 is 20.5 Å². The number of guanidine groups is 1. The van der Waals surface area contributed by atoms with E-state index in [9.17, 15) is 18.3 Å². The number of halogens is 3. The van der Waals surface area contributed by atoms with Gasteiger partial charge in [-0.2, -0.15) is 13.2 Å². The zero-order valence-corrected chi connectivity index (χ0v) is 18.0. The van der Waals surface area contributed by atoms with Crippen molar-refractivity contribution in [2.75, 3.05) is 19.6 Å². The highest BCUT2D eigenvalue weighted by molar-refractivity contribution is 7.09. The van der Waals surface area contributed by atoms with Crippen molar-refractivity contribution >= 4 is 17.3 Å². The minimum Gasteiger partial charge on any atom is -0.491 e. The molecule has 0 amide bonds. The van der Waals surface area contributed by atoms with Crippen molar-refractivity contribution in [2.24, 2.45) is 4.99 Å². The molecule has 0 saturated carbocycles. The first-order valence-electron chi connectivity index (χ1n) is 9.67. The van der Waals surface area contributed by atoms with Gasteiger partial charge in [-0.15, -0.1) is 11.3 Å². The second kappa shape index (κ2) is 11.2. The van der Waals surface area contributed by atoms with Crippen LogP contribution in [-0.4, -0.2) is 41.8 Å². The number of rotatable bonds is 9. The molecule has 1 aromatic carbocycles. The van der Waals surface area contributed by atoms with Crippen molar-refractivity contribution in [3.8, 4) is 5.75 Å². The number of nitrogens with one attached hydrogen (secondary N) is 2. The number of aliphatic hydroxyl groups is 1. The number of hydrogen-bond donors (Lipinski definition) is 3. The van der Waals surface area contributed by atoms with Crippen molar-refractivity contribution in [3.05, 3.63) is 45.9 Å². The van der Waals surface area contributed by atoms with Gasteiger partial charge in [0, 0.05) is 24.9 Å². The molecule has 0 saturated heterocycles. The third-order valence-electron chi connectivity index (χ3n) is 3.88. The Hall–Kier alpha value is -2.33. The summed E-state index contributed by atoms with van der Waals surface area (Å²) in [6.07, 6.45) is -4.80. The number of hydrogen-bond acceptors (Lipinski definition) is 5. The molecule has 0 fully saturated rings. The van der Waals surface area contributed by atoms with E-state index in [0.717, 1.165) is 22.5 Å². The molecule has 30 heavy (non-hydrogen) atoms. The van der Waals surface area contributed by atoms with Gasteiger partial charge in [0.15, 0.2) is 11.7 Å². The fourth-order valence-corrected chi connectivity index (χ4v) is 3.31. The fourth-order valence-electron chi connectivity index (χ4n) is 2.51. The maximum absolute atomic E-state index is 12.6. The Morgan fingerprint density at radius 3 is 2.50 bits per heavy atom. The third-order valence-corrected chi connectivity index (χ3v) is 4.79. The Kier molecular flexibility index (Phi) is 8.91. The molecule has 0 aliphatic carbocycles. The number of thiazole rings is 1. The minimum atomic E-state index is -4.42. The highest BCUT2D eigenvalue weighted by atomic mass is 32.1. The number of aromatic nitrogens is 1. The van der Waals surface area contributed by atoms with Crippen molar-refractivity contribution in [2.45, 2.75) is 45.6 Å². The predicted octanol–water partition coefficient (Wildman–Crippen LogP) is 3.78. The second-order valence-corrected chi connectivity index (χ2v) is 7.71. The molecule has 2 aromatic rings. The lowest BCUT2D eigenvalue weighted by Gasteiger charge is -2.14. The van der Waals surface area contributed by atoms with Crippen LogP contribution in [0.4, 0.5) is 13.2 Å². The smallest absolute Gasteiger partial charge is 0.434 e. The van der Waals surface area contributed by atoms with Gasteiger partial charge in [0.25, 0.3) is 0 Å². The number of aliphatic imine (C=N–C) groups is 1. The van der Waals surface area contributed by atoms with Crippen molar-refractivity contribution in [1.29, 1.82) is 0 Å². The van der Waals surface area contributed by atoms with Crippen LogP contribution in [0.25, 0.3) is 0 Å². The summed E-state index contributed by atoms with van der Waals surface area (Å²) in [5.74, 6) is 1.21. The Bertz CT molecular complexity index is 807. The fraction of sp³-hybridized carbons (Fsp3) is 0.500. The van der Waals surface area contributed by atoms with Crippen molar-refractivity contribution < 1.29 is 23.0 Å². The van der Waals surface area contributed by atoms with Crippen LogP contribution in [0.2, 0.25) is 0 Å². The summed E-state index contributed by atoms with van der Waals surface area (Å²) < 4.78 is 43.4. The van der Waals surface area contributed by atoms with Crippen LogP contribution in [0.1, 0.15) is 43.1 Å². The number of ether oxygens (including phenoxy) is 1. The molecule has 1 unspecified atom stereocenters. The molecule has 10 heteroatoms. The summed E-state index contributed by atoms with van der Waals surface area (Å²) in [6.45, 7) is 6.90. The quantitative estimate of drug-likeness (QED) is 0.405. The minimum absolute atomic E-state index is 0.0727. The Morgan fingerprint density at radius 2 is 1.93 bits per heavy atom. The van der Waals surface area contributed by atoms with E-state index in [4.69, 9.17) is 4.74 Å². The molecule has 1 aromatic heterocycles. The molecule has 0 spiro atoms. The van der Waals surface area contributed by atoms with Gasteiger partial charge in [0.2, 0.25) is 0 Å². The molecule has 2 rings (SSSR count). The molecular formula is C20H27F3N4O2S. The molecule has 0 aliphatic rings. The second-order valence-electron chi connectivity index (χ2n) is 6.77. The zero-order chi connectivity index (χ0) is 22.1. The van der Waals surface area contributed by atoms with Crippen LogP contribution >= 0.6 is 11.3 Å². The lowest BCUT2D eigenvalue weighted by molar-refractivity contribution is -0.140. The van der Waals surface area contributed by atoms with Gasteiger partial charge in [-0.25, -0.2) is 4.98 Å². The molecule has 166 valence electrons. The standard InChI is InChI=1S/C20H27F3N4O2S/c1-4-24-19(25-10-9-18-27-17(12-30-18)20(21,22)23)26-11-16(28)14-5-7-15(8-6-14)29-13(2)3/h5-8,12-13,16,28H,4,9-11H2,1-3H3,(H2,24,25,26). The lowest BCUT2D eigenvalue weighted by atomic mass is 10.1. The van der Waals surface area contributed by atoms with Gasteiger partial charge >= 0.3 is 6.18 Å². The molecule has 6 nitrogen and oxygen atoms in total. The van der Waals surface area contributed by atoms with E-state index < -0.39 is 18.0 Å². The van der Waals surface area contributed by atoms with E-state index in [0.29, 0.717) is 36.0 Å². The van der Waals surface area contributed by atoms with Gasteiger partial charge in [0.05, 0.1) is 23.8 Å². The molecule has 3 N–H and O–H groups in total. The molecule has 0 aliphatic heterocycles. The summed E-state index contributed by atoms with van der Waals surface area (Å²) in [7, 11) is 0. The average Bonchev–Trinajstić information content (AvgIpc) is 3.15. The molecule has 1 atom stereocenters. The van der Waals surface area contributed by atoms with E-state index in [1.165, 1.54) is 0 Å². The third kappa shape index (κ3) is 7.83. The summed E-state index contributed by atoms with van der Waals surface area (Å²) in [6, 6.07) is 7.18. The topological polar surface area (TPSA) is 78.8 Å². The Balaban J connectivity index is 1.88. The monoisotopic (exact) mass is 444 g/mol. The Labute approximate surface area is 178 Å². The normalized spacial score (nSPS) is 13.4. The van der Waals surface area contributed by atoms with Crippen molar-refractivity contribution in [1.82, 2.24) is 15.6 Å². The molecule has 0 radical (unpaired) electrons. The SMILES string of the molecule is CCNC(=NCC(O)c1ccc(OC(C)C)cc1)NCCc1nc(C(F)(F)F)cs1. The van der Waals surface area contributed by atoms with Gasteiger partial charge in [-0.05, 0) is 38.5 Å². The van der Waals surface area contributed by atoms with Crippen LogP contribution < -0.4 is 15.4 Å². The average molecular weight is 445 g/mol. The zero-order valence-electron chi connectivity index (χ0n) is 17.2. The largest absolute Gasteiger partial charge is 0.491 e.